The summed E-state index contributed by atoms with van der Waals surface area (Å²) in [5.41, 5.74) is 0.404. The lowest BCUT2D eigenvalue weighted by atomic mass is 10.1. The van der Waals surface area contributed by atoms with Gasteiger partial charge in [-0.25, -0.2) is 9.59 Å². The van der Waals surface area contributed by atoms with Gasteiger partial charge in [0.2, 0.25) is 0 Å². The van der Waals surface area contributed by atoms with Crippen molar-refractivity contribution in [1.82, 2.24) is 14.5 Å². The van der Waals surface area contributed by atoms with Crippen LogP contribution in [0.5, 0.6) is 5.75 Å². The van der Waals surface area contributed by atoms with Crippen LogP contribution in [-0.2, 0) is 24.2 Å². The maximum Gasteiger partial charge on any atom is 0.410 e. The second-order valence-corrected chi connectivity index (χ2v) is 7.78. The molecule has 2 aromatic rings. The number of aromatic amines is 1. The van der Waals surface area contributed by atoms with Gasteiger partial charge in [0, 0.05) is 17.8 Å². The van der Waals surface area contributed by atoms with Gasteiger partial charge in [-0.15, -0.1) is 0 Å². The Labute approximate surface area is 162 Å². The molecule has 150 valence electrons. The van der Waals surface area contributed by atoms with Crippen molar-refractivity contribution in [3.05, 3.63) is 61.9 Å². The normalized spacial score (nSPS) is 13.8. The Morgan fingerprint density at radius 3 is 2.46 bits per heavy atom. The number of aromatic nitrogens is 2. The maximum atomic E-state index is 12.9. The van der Waals surface area contributed by atoms with E-state index in [2.05, 4.69) is 4.98 Å². The SMILES string of the molecule is COc1ccc(Cn2c(=O)[nH]c3c(c2=O)CCN(C(=O)OC(C)(C)C)C3)cc1. The van der Waals surface area contributed by atoms with Crippen LogP contribution >= 0.6 is 0 Å². The molecule has 0 atom stereocenters. The van der Waals surface area contributed by atoms with Gasteiger partial charge in [0.15, 0.2) is 0 Å². The molecule has 1 aromatic carbocycles. The Balaban J connectivity index is 1.84. The van der Waals surface area contributed by atoms with Crippen LogP contribution in [-0.4, -0.2) is 39.8 Å². The number of rotatable bonds is 3. The molecule has 1 aromatic heterocycles. The molecule has 0 bridgehead atoms. The molecule has 28 heavy (non-hydrogen) atoms. The second-order valence-electron chi connectivity index (χ2n) is 7.78. The van der Waals surface area contributed by atoms with Crippen molar-refractivity contribution in [3.8, 4) is 5.75 Å². The van der Waals surface area contributed by atoms with Gasteiger partial charge in [-0.2, -0.15) is 0 Å². The van der Waals surface area contributed by atoms with Gasteiger partial charge in [-0.05, 0) is 44.9 Å². The number of ether oxygens (including phenoxy) is 2. The van der Waals surface area contributed by atoms with Crippen LogP contribution in [0.2, 0.25) is 0 Å². The lowest BCUT2D eigenvalue weighted by Crippen LogP contribution is -2.46. The van der Waals surface area contributed by atoms with Gasteiger partial charge in [-0.1, -0.05) is 12.1 Å². The molecule has 8 heteroatoms. The minimum Gasteiger partial charge on any atom is -0.497 e. The summed E-state index contributed by atoms with van der Waals surface area (Å²) in [6.45, 7) is 6.07. The fraction of sp³-hybridized carbons (Fsp3) is 0.450. The minimum absolute atomic E-state index is 0.151. The van der Waals surface area contributed by atoms with Crippen molar-refractivity contribution in [2.75, 3.05) is 13.7 Å². The molecule has 1 aliphatic heterocycles. The molecule has 0 radical (unpaired) electrons. The Morgan fingerprint density at radius 2 is 1.86 bits per heavy atom. The van der Waals surface area contributed by atoms with Crippen molar-refractivity contribution in [2.24, 2.45) is 0 Å². The fourth-order valence-electron chi connectivity index (χ4n) is 3.11. The first-order chi connectivity index (χ1) is 13.2. The molecule has 3 rings (SSSR count). The zero-order valence-corrected chi connectivity index (χ0v) is 16.6. The van der Waals surface area contributed by atoms with E-state index in [0.717, 1.165) is 5.56 Å². The Bertz CT molecular complexity index is 983. The van der Waals surface area contributed by atoms with Crippen LogP contribution in [0.15, 0.2) is 33.9 Å². The summed E-state index contributed by atoms with van der Waals surface area (Å²) in [6, 6.07) is 7.19. The number of nitrogens with one attached hydrogen (secondary N) is 1. The molecular formula is C20H25N3O5. The summed E-state index contributed by atoms with van der Waals surface area (Å²) in [6.07, 6.45) is -0.0892. The second kappa shape index (κ2) is 7.53. The van der Waals surface area contributed by atoms with E-state index in [1.165, 1.54) is 9.47 Å². The standard InChI is InChI=1S/C20H25N3O5/c1-20(2,3)28-19(26)22-10-9-15-16(12-22)21-18(25)23(17(15)24)11-13-5-7-14(27-4)8-6-13/h5-8H,9-12H2,1-4H3,(H,21,25). The van der Waals surface area contributed by atoms with E-state index in [0.29, 0.717) is 30.0 Å². The highest BCUT2D eigenvalue weighted by Gasteiger charge is 2.28. The van der Waals surface area contributed by atoms with Crippen LogP contribution in [0.4, 0.5) is 4.79 Å². The highest BCUT2D eigenvalue weighted by atomic mass is 16.6. The molecule has 2 heterocycles. The number of nitrogens with zero attached hydrogens (tertiary/aromatic N) is 2. The number of benzene rings is 1. The molecule has 0 unspecified atom stereocenters. The third kappa shape index (κ3) is 4.27. The van der Waals surface area contributed by atoms with Gasteiger partial charge in [0.1, 0.15) is 11.4 Å². The average molecular weight is 387 g/mol. The van der Waals surface area contributed by atoms with Crippen LogP contribution in [0, 0.1) is 0 Å². The molecule has 0 saturated heterocycles. The van der Waals surface area contributed by atoms with Crippen molar-refractivity contribution < 1.29 is 14.3 Å². The summed E-state index contributed by atoms with van der Waals surface area (Å²) in [4.78, 5) is 41.9. The molecule has 0 spiro atoms. The largest absolute Gasteiger partial charge is 0.497 e. The zero-order chi connectivity index (χ0) is 20.5. The van der Waals surface area contributed by atoms with Crippen molar-refractivity contribution in [1.29, 1.82) is 0 Å². The first-order valence-electron chi connectivity index (χ1n) is 9.13. The van der Waals surface area contributed by atoms with Crippen LogP contribution in [0.3, 0.4) is 0 Å². The predicted molar refractivity (Wildman–Crippen MR) is 104 cm³/mol. The van der Waals surface area contributed by atoms with Crippen LogP contribution in [0.25, 0.3) is 0 Å². The van der Waals surface area contributed by atoms with Gasteiger partial charge < -0.3 is 19.4 Å². The maximum absolute atomic E-state index is 12.9. The molecule has 0 aliphatic carbocycles. The lowest BCUT2D eigenvalue weighted by molar-refractivity contribution is 0.0219. The third-order valence-corrected chi connectivity index (χ3v) is 4.50. The minimum atomic E-state index is -0.605. The first kappa shape index (κ1) is 19.7. The van der Waals surface area contributed by atoms with E-state index in [4.69, 9.17) is 9.47 Å². The zero-order valence-electron chi connectivity index (χ0n) is 16.6. The molecule has 1 N–H and O–H groups in total. The summed E-state index contributed by atoms with van der Waals surface area (Å²) >= 11 is 0. The summed E-state index contributed by atoms with van der Waals surface area (Å²) in [5.74, 6) is 0.706. The van der Waals surface area contributed by atoms with Gasteiger partial charge in [-0.3, -0.25) is 9.36 Å². The van der Waals surface area contributed by atoms with Crippen LogP contribution < -0.4 is 16.0 Å². The van der Waals surface area contributed by atoms with E-state index in [-0.39, 0.29) is 18.6 Å². The molecular weight excluding hydrogens is 362 g/mol. The number of amides is 1. The third-order valence-electron chi connectivity index (χ3n) is 4.50. The number of carbonyl (C=O) groups excluding carboxylic acids is 1. The van der Waals surface area contributed by atoms with E-state index < -0.39 is 17.4 Å². The fourth-order valence-corrected chi connectivity index (χ4v) is 3.11. The van der Waals surface area contributed by atoms with Gasteiger partial charge >= 0.3 is 11.8 Å². The topological polar surface area (TPSA) is 93.6 Å². The van der Waals surface area contributed by atoms with Crippen molar-refractivity contribution >= 4 is 6.09 Å². The average Bonchev–Trinajstić information content (AvgIpc) is 2.63. The summed E-state index contributed by atoms with van der Waals surface area (Å²) in [5, 5.41) is 0. The summed E-state index contributed by atoms with van der Waals surface area (Å²) < 4.78 is 11.7. The van der Waals surface area contributed by atoms with E-state index in [9.17, 15) is 14.4 Å². The number of fused-ring (bicyclic) bond motifs is 1. The number of methoxy groups -OCH3 is 1. The quantitative estimate of drug-likeness (QED) is 0.868. The monoisotopic (exact) mass is 387 g/mol. The molecule has 1 amide bonds. The van der Waals surface area contributed by atoms with E-state index >= 15 is 0 Å². The summed E-state index contributed by atoms with van der Waals surface area (Å²) in [7, 11) is 1.58. The predicted octanol–water partition coefficient (Wildman–Crippen LogP) is 1.89. The molecule has 0 fully saturated rings. The smallest absolute Gasteiger partial charge is 0.410 e. The van der Waals surface area contributed by atoms with E-state index in [1.54, 1.807) is 40.0 Å². The molecule has 8 nitrogen and oxygen atoms in total. The highest BCUT2D eigenvalue weighted by Crippen LogP contribution is 2.17. The van der Waals surface area contributed by atoms with E-state index in [1.807, 2.05) is 12.1 Å². The number of hydrogen-bond donors (Lipinski definition) is 1. The van der Waals surface area contributed by atoms with Crippen LogP contribution in [0.1, 0.15) is 37.6 Å². The Kier molecular flexibility index (Phi) is 5.31. The lowest BCUT2D eigenvalue weighted by Gasteiger charge is -2.30. The number of H-pyrrole nitrogens is 1. The van der Waals surface area contributed by atoms with Crippen molar-refractivity contribution in [3.63, 3.8) is 0 Å². The highest BCUT2D eigenvalue weighted by molar-refractivity contribution is 5.68. The number of carbonyl (C=O) groups is 1. The first-order valence-corrected chi connectivity index (χ1v) is 9.13. The molecule has 1 aliphatic rings. The van der Waals surface area contributed by atoms with Crippen molar-refractivity contribution in [2.45, 2.75) is 45.9 Å². The van der Waals surface area contributed by atoms with Gasteiger partial charge in [0.05, 0.1) is 20.2 Å². The van der Waals surface area contributed by atoms with Gasteiger partial charge in [0.25, 0.3) is 5.56 Å². The number of hydrogen-bond acceptors (Lipinski definition) is 5. The Morgan fingerprint density at radius 1 is 1.18 bits per heavy atom. The molecule has 0 saturated carbocycles. The Hall–Kier alpha value is -3.03.